The summed E-state index contributed by atoms with van der Waals surface area (Å²) in [7, 11) is 0. The molecule has 8 heteroatoms. The number of aryl methyl sites for hydroxylation is 1. The van der Waals surface area contributed by atoms with Gasteiger partial charge in [0.15, 0.2) is 10.8 Å². The summed E-state index contributed by atoms with van der Waals surface area (Å²) in [5.74, 6) is -0.0705. The maximum atomic E-state index is 13.8. The van der Waals surface area contributed by atoms with Crippen LogP contribution < -0.4 is 20.3 Å². The van der Waals surface area contributed by atoms with Gasteiger partial charge in [-0.1, -0.05) is 45.2 Å². The first-order valence-corrected chi connectivity index (χ1v) is 12.1. The monoisotopic (exact) mass is 541 g/mol. The minimum atomic E-state index is -1.06. The number of ether oxygens (including phenoxy) is 1. The quantitative estimate of drug-likeness (QED) is 0.386. The van der Waals surface area contributed by atoms with Gasteiger partial charge in [0.2, 0.25) is 5.91 Å². The van der Waals surface area contributed by atoms with Crippen LogP contribution in [0.2, 0.25) is 5.02 Å². The molecule has 168 valence electrons. The van der Waals surface area contributed by atoms with Gasteiger partial charge in [0.05, 0.1) is 6.04 Å². The first-order chi connectivity index (χ1) is 15.8. The lowest BCUT2D eigenvalue weighted by Crippen LogP contribution is -2.72. The number of carbonyl (C=O) groups is 1. The summed E-state index contributed by atoms with van der Waals surface area (Å²) in [6.45, 7) is 3.95. The third-order valence-electron chi connectivity index (χ3n) is 6.15. The molecular formula is C25H21BrClN3O2S. The second kappa shape index (κ2) is 8.31. The maximum Gasteiger partial charge on any atom is 0.236 e. The van der Waals surface area contributed by atoms with E-state index in [0.717, 1.165) is 21.3 Å². The van der Waals surface area contributed by atoms with Crippen LogP contribution >= 0.6 is 39.7 Å². The number of carbonyl (C=O) groups excluding carboxylic acids is 1. The number of hydrogen-bond donors (Lipinski definition) is 2. The van der Waals surface area contributed by atoms with Crippen LogP contribution in [0.4, 0.5) is 11.4 Å². The number of fused-ring (bicyclic) bond motifs is 4. The Morgan fingerprint density at radius 1 is 1.15 bits per heavy atom. The van der Waals surface area contributed by atoms with Crippen molar-refractivity contribution in [1.82, 2.24) is 5.32 Å². The summed E-state index contributed by atoms with van der Waals surface area (Å²) in [6, 6.07) is 20.5. The molecule has 2 aliphatic heterocycles. The van der Waals surface area contributed by atoms with Crippen LogP contribution in [0.25, 0.3) is 0 Å². The molecule has 2 aliphatic rings. The van der Waals surface area contributed by atoms with E-state index in [1.807, 2.05) is 61.2 Å². The molecule has 2 N–H and O–H groups in total. The normalized spacial score (nSPS) is 23.3. The lowest BCUT2D eigenvalue weighted by molar-refractivity contribution is -0.130. The number of hydrogen-bond acceptors (Lipinski definition) is 3. The molecule has 3 aromatic carbocycles. The second-order valence-electron chi connectivity index (χ2n) is 8.41. The van der Waals surface area contributed by atoms with Gasteiger partial charge in [0.1, 0.15) is 11.7 Å². The lowest BCUT2D eigenvalue weighted by atomic mass is 9.78. The van der Waals surface area contributed by atoms with Crippen molar-refractivity contribution in [2.24, 2.45) is 5.92 Å². The smallest absolute Gasteiger partial charge is 0.236 e. The third kappa shape index (κ3) is 3.88. The van der Waals surface area contributed by atoms with Gasteiger partial charge in [-0.15, -0.1) is 0 Å². The molecule has 0 radical (unpaired) electrons. The predicted molar refractivity (Wildman–Crippen MR) is 139 cm³/mol. The van der Waals surface area contributed by atoms with Crippen molar-refractivity contribution in [3.05, 3.63) is 87.4 Å². The van der Waals surface area contributed by atoms with E-state index in [1.165, 1.54) is 0 Å². The zero-order chi connectivity index (χ0) is 23.3. The first kappa shape index (κ1) is 22.2. The molecule has 33 heavy (non-hydrogen) atoms. The summed E-state index contributed by atoms with van der Waals surface area (Å²) < 4.78 is 7.50. The number of halogens is 2. The summed E-state index contributed by atoms with van der Waals surface area (Å²) in [4.78, 5) is 15.7. The lowest BCUT2D eigenvalue weighted by Gasteiger charge is -2.56. The van der Waals surface area contributed by atoms with Gasteiger partial charge in [-0.05, 0) is 80.7 Å². The number of anilines is 2. The number of rotatable bonds is 3. The van der Waals surface area contributed by atoms with Gasteiger partial charge in [0.25, 0.3) is 0 Å². The van der Waals surface area contributed by atoms with E-state index in [2.05, 4.69) is 26.6 Å². The zero-order valence-electron chi connectivity index (χ0n) is 17.9. The van der Waals surface area contributed by atoms with Crippen LogP contribution in [0.5, 0.6) is 5.75 Å². The van der Waals surface area contributed by atoms with Gasteiger partial charge in [0, 0.05) is 26.4 Å². The third-order valence-corrected chi connectivity index (χ3v) is 7.19. The molecule has 2 bridgehead atoms. The van der Waals surface area contributed by atoms with Crippen molar-refractivity contribution in [2.45, 2.75) is 25.6 Å². The molecule has 5 rings (SSSR count). The Hall–Kier alpha value is -2.61. The highest BCUT2D eigenvalue weighted by molar-refractivity contribution is 9.10. The topological polar surface area (TPSA) is 53.6 Å². The van der Waals surface area contributed by atoms with Crippen molar-refractivity contribution in [3.8, 4) is 5.75 Å². The molecule has 0 aliphatic carbocycles. The Morgan fingerprint density at radius 2 is 1.85 bits per heavy atom. The van der Waals surface area contributed by atoms with Gasteiger partial charge in [-0.2, -0.15) is 0 Å². The molecular weight excluding hydrogens is 522 g/mol. The Balaban J connectivity index is 1.62. The number of amides is 1. The molecule has 1 amide bonds. The average Bonchev–Trinajstić information content (AvgIpc) is 2.77. The van der Waals surface area contributed by atoms with E-state index in [-0.39, 0.29) is 11.9 Å². The minimum Gasteiger partial charge on any atom is -0.467 e. The van der Waals surface area contributed by atoms with Gasteiger partial charge in [-0.25, -0.2) is 0 Å². The molecule has 2 heterocycles. The van der Waals surface area contributed by atoms with Crippen LogP contribution in [0.15, 0.2) is 71.2 Å². The van der Waals surface area contributed by atoms with E-state index in [9.17, 15) is 4.79 Å². The molecule has 0 spiro atoms. The largest absolute Gasteiger partial charge is 0.467 e. The summed E-state index contributed by atoms with van der Waals surface area (Å²) >= 11 is 15.3. The van der Waals surface area contributed by atoms with Gasteiger partial charge >= 0.3 is 0 Å². The average molecular weight is 543 g/mol. The van der Waals surface area contributed by atoms with Crippen molar-refractivity contribution >= 4 is 62.1 Å². The highest BCUT2D eigenvalue weighted by atomic mass is 79.9. The minimum absolute atomic E-state index is 0.178. The molecule has 3 aromatic rings. The molecule has 3 atom stereocenters. The summed E-state index contributed by atoms with van der Waals surface area (Å²) in [5, 5.41) is 7.57. The van der Waals surface area contributed by atoms with Crippen LogP contribution in [0, 0.1) is 12.8 Å². The summed E-state index contributed by atoms with van der Waals surface area (Å²) in [5.41, 5.74) is 2.47. The fraction of sp³-hybridized carbons (Fsp3) is 0.200. The fourth-order valence-electron chi connectivity index (χ4n) is 4.59. The number of nitrogens with one attached hydrogen (secondary N) is 2. The van der Waals surface area contributed by atoms with E-state index in [4.69, 9.17) is 28.6 Å². The van der Waals surface area contributed by atoms with Crippen molar-refractivity contribution in [1.29, 1.82) is 0 Å². The van der Waals surface area contributed by atoms with Crippen molar-refractivity contribution in [3.63, 3.8) is 0 Å². The SMILES string of the molecule is Cc1ccc(N2C(=S)N[C@@H]3c4cc(Br)ccc4O[C@@]2(C)[C@@H]3C(=O)Nc2ccc(Cl)cc2)cc1. The van der Waals surface area contributed by atoms with Gasteiger partial charge < -0.3 is 15.4 Å². The summed E-state index contributed by atoms with van der Waals surface area (Å²) in [6.07, 6.45) is 0. The Labute approximate surface area is 211 Å². The molecule has 0 unspecified atom stereocenters. The van der Waals surface area contributed by atoms with Crippen molar-refractivity contribution < 1.29 is 9.53 Å². The molecule has 0 aromatic heterocycles. The van der Waals surface area contributed by atoms with E-state index >= 15 is 0 Å². The molecule has 0 saturated carbocycles. The predicted octanol–water partition coefficient (Wildman–Crippen LogP) is 6.21. The Kier molecular flexibility index (Phi) is 5.59. The van der Waals surface area contributed by atoms with Crippen LogP contribution in [-0.4, -0.2) is 16.7 Å². The van der Waals surface area contributed by atoms with Crippen LogP contribution in [0.1, 0.15) is 24.1 Å². The first-order valence-electron chi connectivity index (χ1n) is 10.5. The number of thiocarbonyl (C=S) groups is 1. The highest BCUT2D eigenvalue weighted by Gasteiger charge is 2.59. The molecule has 5 nitrogen and oxygen atoms in total. The van der Waals surface area contributed by atoms with E-state index in [1.54, 1.807) is 24.3 Å². The number of nitrogens with zero attached hydrogens (tertiary/aromatic N) is 1. The van der Waals surface area contributed by atoms with Crippen LogP contribution in [0.3, 0.4) is 0 Å². The zero-order valence-corrected chi connectivity index (χ0v) is 21.1. The second-order valence-corrected chi connectivity index (χ2v) is 10.1. The van der Waals surface area contributed by atoms with Crippen molar-refractivity contribution in [2.75, 3.05) is 10.2 Å². The van der Waals surface area contributed by atoms with Crippen LogP contribution in [-0.2, 0) is 4.79 Å². The van der Waals surface area contributed by atoms with E-state index in [0.29, 0.717) is 21.6 Å². The fourth-order valence-corrected chi connectivity index (χ4v) is 5.51. The highest BCUT2D eigenvalue weighted by Crippen LogP contribution is 2.50. The molecule has 1 saturated heterocycles. The standard InChI is InChI=1S/C25H21BrClN3O2S/c1-14-3-10-18(11-4-14)30-24(33)29-22-19-13-15(26)5-12-20(19)32-25(30,2)21(22)23(31)28-17-8-6-16(27)7-9-17/h3-13,21-22H,1-2H3,(H,28,31)(H,29,33)/t21-,22+,25-/m0/s1. The molecule has 1 fully saturated rings. The Morgan fingerprint density at radius 3 is 2.55 bits per heavy atom. The maximum absolute atomic E-state index is 13.8. The number of benzene rings is 3. The Bertz CT molecular complexity index is 1250. The van der Waals surface area contributed by atoms with E-state index < -0.39 is 11.6 Å². The van der Waals surface area contributed by atoms with Gasteiger partial charge in [-0.3, -0.25) is 9.69 Å².